The van der Waals surface area contributed by atoms with Crippen LogP contribution in [0.25, 0.3) is 16.3 Å². The molecule has 6 heteroatoms. The second-order valence-corrected chi connectivity index (χ2v) is 8.92. The molecule has 5 nitrogen and oxygen atoms in total. The van der Waals surface area contributed by atoms with Gasteiger partial charge in [0.05, 0.1) is 11.5 Å². The molecule has 0 aromatic heterocycles. The normalized spacial score (nSPS) is 12.5. The van der Waals surface area contributed by atoms with Gasteiger partial charge in [-0.25, -0.2) is 13.2 Å². The first-order valence-corrected chi connectivity index (χ1v) is 11.5. The van der Waals surface area contributed by atoms with E-state index in [0.717, 1.165) is 22.6 Å². The molecule has 0 unspecified atom stereocenters. The van der Waals surface area contributed by atoms with Crippen LogP contribution in [0.3, 0.4) is 0 Å². The molecule has 0 spiro atoms. The van der Waals surface area contributed by atoms with Gasteiger partial charge in [0.15, 0.2) is 9.84 Å². The molecule has 0 radical (unpaired) electrons. The minimum absolute atomic E-state index is 0.120. The Kier molecular flexibility index (Phi) is 6.70. The molecule has 3 aromatic carbocycles. The quantitative estimate of drug-likeness (QED) is 0.458. The van der Waals surface area contributed by atoms with Crippen LogP contribution < -0.4 is 0 Å². The summed E-state index contributed by atoms with van der Waals surface area (Å²) in [7, 11) is -3.34. The third kappa shape index (κ3) is 4.78. The SMILES string of the molecule is CCOC(=O)C(CCO)=C(c1ccc(S(C)(=O)=O)cc1)c1ccc2ccccc2c1. The highest BCUT2D eigenvalue weighted by Gasteiger charge is 2.20. The molecule has 0 saturated carbocycles. The molecular formula is C24H24O5S. The predicted octanol–water partition coefficient (Wildman–Crippen LogP) is 3.99. The number of rotatable bonds is 7. The number of carbonyl (C=O) groups is 1. The lowest BCUT2D eigenvalue weighted by molar-refractivity contribution is -0.138. The fourth-order valence-electron chi connectivity index (χ4n) is 3.39. The summed E-state index contributed by atoms with van der Waals surface area (Å²) in [5.74, 6) is -0.498. The molecule has 156 valence electrons. The molecule has 0 fully saturated rings. The lowest BCUT2D eigenvalue weighted by atomic mass is 9.90. The first-order valence-electron chi connectivity index (χ1n) is 9.66. The van der Waals surface area contributed by atoms with Gasteiger partial charge in [-0.05, 0) is 52.6 Å². The van der Waals surface area contributed by atoms with Gasteiger partial charge in [-0.15, -0.1) is 0 Å². The number of sulfone groups is 1. The van der Waals surface area contributed by atoms with Crippen LogP contribution in [-0.4, -0.2) is 39.0 Å². The number of ether oxygens (including phenoxy) is 1. The van der Waals surface area contributed by atoms with E-state index in [1.54, 1.807) is 19.1 Å². The Hall–Kier alpha value is -2.96. The van der Waals surface area contributed by atoms with E-state index in [4.69, 9.17) is 4.74 Å². The molecule has 0 aliphatic rings. The maximum atomic E-state index is 12.7. The first kappa shape index (κ1) is 21.7. The second-order valence-electron chi connectivity index (χ2n) is 6.91. The van der Waals surface area contributed by atoms with E-state index in [2.05, 4.69) is 0 Å². The minimum Gasteiger partial charge on any atom is -0.463 e. The Labute approximate surface area is 176 Å². The molecule has 3 rings (SSSR count). The summed E-state index contributed by atoms with van der Waals surface area (Å²) in [6, 6.07) is 20.1. The van der Waals surface area contributed by atoms with E-state index < -0.39 is 15.8 Å². The lowest BCUT2D eigenvalue weighted by Crippen LogP contribution is -2.12. The number of benzene rings is 3. The molecule has 0 amide bonds. The van der Waals surface area contributed by atoms with Crippen molar-refractivity contribution in [3.05, 3.63) is 83.4 Å². The maximum Gasteiger partial charge on any atom is 0.334 e. The Balaban J connectivity index is 2.26. The van der Waals surface area contributed by atoms with Crippen molar-refractivity contribution in [2.45, 2.75) is 18.2 Å². The standard InChI is InChI=1S/C24H24O5S/c1-3-29-24(26)22(14-15-25)23(18-10-12-21(13-11-18)30(2,27)28)20-9-8-17-6-4-5-7-19(17)16-20/h4-13,16,25H,3,14-15H2,1-2H3. The number of carbonyl (C=O) groups excluding carboxylic acids is 1. The van der Waals surface area contributed by atoms with Gasteiger partial charge in [0.1, 0.15) is 0 Å². The molecule has 0 aliphatic carbocycles. The number of hydrogen-bond acceptors (Lipinski definition) is 5. The fourth-order valence-corrected chi connectivity index (χ4v) is 4.02. The lowest BCUT2D eigenvalue weighted by Gasteiger charge is -2.16. The number of esters is 1. The molecular weight excluding hydrogens is 400 g/mol. The van der Waals surface area contributed by atoms with Crippen LogP contribution in [0.4, 0.5) is 0 Å². The van der Waals surface area contributed by atoms with Crippen LogP contribution in [0, 0.1) is 0 Å². The Morgan fingerprint density at radius 1 is 0.933 bits per heavy atom. The van der Waals surface area contributed by atoms with Gasteiger partial charge in [0, 0.05) is 24.9 Å². The zero-order valence-corrected chi connectivity index (χ0v) is 17.8. The molecule has 30 heavy (non-hydrogen) atoms. The van der Waals surface area contributed by atoms with Crippen molar-refractivity contribution in [3.63, 3.8) is 0 Å². The highest BCUT2D eigenvalue weighted by molar-refractivity contribution is 7.90. The Morgan fingerprint density at radius 3 is 2.17 bits per heavy atom. The van der Waals surface area contributed by atoms with Crippen molar-refractivity contribution in [2.24, 2.45) is 0 Å². The smallest absolute Gasteiger partial charge is 0.334 e. The zero-order valence-electron chi connectivity index (χ0n) is 17.0. The van der Waals surface area contributed by atoms with Crippen LogP contribution in [0.1, 0.15) is 24.5 Å². The van der Waals surface area contributed by atoms with Crippen molar-refractivity contribution in [2.75, 3.05) is 19.5 Å². The summed E-state index contributed by atoms with van der Waals surface area (Å²) in [4.78, 5) is 12.9. The molecule has 3 aromatic rings. The second kappa shape index (κ2) is 9.24. The monoisotopic (exact) mass is 424 g/mol. The molecule has 0 aliphatic heterocycles. The van der Waals surface area contributed by atoms with E-state index in [0.29, 0.717) is 16.7 Å². The summed E-state index contributed by atoms with van der Waals surface area (Å²) in [6.07, 6.45) is 1.27. The third-order valence-electron chi connectivity index (χ3n) is 4.79. The topological polar surface area (TPSA) is 80.7 Å². The predicted molar refractivity (Wildman–Crippen MR) is 118 cm³/mol. The summed E-state index contributed by atoms with van der Waals surface area (Å²) < 4.78 is 28.9. The molecule has 0 saturated heterocycles. The van der Waals surface area contributed by atoms with Crippen molar-refractivity contribution in [3.8, 4) is 0 Å². The molecule has 0 atom stereocenters. The number of aliphatic hydroxyl groups excluding tert-OH is 1. The largest absolute Gasteiger partial charge is 0.463 e. The van der Waals surface area contributed by atoms with Gasteiger partial charge in [0.2, 0.25) is 0 Å². The zero-order chi connectivity index (χ0) is 21.7. The minimum atomic E-state index is -3.34. The van der Waals surface area contributed by atoms with E-state index in [1.807, 2.05) is 42.5 Å². The van der Waals surface area contributed by atoms with Gasteiger partial charge >= 0.3 is 5.97 Å². The first-order chi connectivity index (χ1) is 14.3. The maximum absolute atomic E-state index is 12.7. The van der Waals surface area contributed by atoms with E-state index in [9.17, 15) is 18.3 Å². The molecule has 0 heterocycles. The van der Waals surface area contributed by atoms with Crippen molar-refractivity contribution in [1.82, 2.24) is 0 Å². The summed E-state index contributed by atoms with van der Waals surface area (Å²) >= 11 is 0. The van der Waals surface area contributed by atoms with Crippen LogP contribution >= 0.6 is 0 Å². The van der Waals surface area contributed by atoms with Gasteiger partial charge in [0.25, 0.3) is 0 Å². The van der Waals surface area contributed by atoms with Crippen LogP contribution in [0.5, 0.6) is 0 Å². The molecule has 0 bridgehead atoms. The highest BCUT2D eigenvalue weighted by Crippen LogP contribution is 2.32. The van der Waals surface area contributed by atoms with Crippen LogP contribution in [0.2, 0.25) is 0 Å². The van der Waals surface area contributed by atoms with Crippen molar-refractivity contribution < 1.29 is 23.1 Å². The fraction of sp³-hybridized carbons (Fsp3) is 0.208. The van der Waals surface area contributed by atoms with Gasteiger partial charge in [-0.1, -0.05) is 48.5 Å². The van der Waals surface area contributed by atoms with Crippen molar-refractivity contribution >= 4 is 32.2 Å². The highest BCUT2D eigenvalue weighted by atomic mass is 32.2. The van der Waals surface area contributed by atoms with Gasteiger partial charge in [-0.2, -0.15) is 0 Å². The summed E-state index contributed by atoms with van der Waals surface area (Å²) in [5.41, 5.74) is 2.43. The summed E-state index contributed by atoms with van der Waals surface area (Å²) in [6.45, 7) is 1.73. The van der Waals surface area contributed by atoms with E-state index in [-0.39, 0.29) is 24.5 Å². The van der Waals surface area contributed by atoms with Gasteiger partial charge in [-0.3, -0.25) is 0 Å². The number of aliphatic hydroxyl groups is 1. The number of fused-ring (bicyclic) bond motifs is 1. The molecule has 1 N–H and O–H groups in total. The van der Waals surface area contributed by atoms with Crippen molar-refractivity contribution in [1.29, 1.82) is 0 Å². The van der Waals surface area contributed by atoms with E-state index in [1.165, 1.54) is 12.1 Å². The average Bonchev–Trinajstić information content (AvgIpc) is 2.73. The Bertz CT molecular complexity index is 1190. The van der Waals surface area contributed by atoms with Crippen LogP contribution in [-0.2, 0) is 19.4 Å². The third-order valence-corrected chi connectivity index (χ3v) is 5.92. The Morgan fingerprint density at radius 2 is 1.57 bits per heavy atom. The number of hydrogen-bond donors (Lipinski definition) is 1. The van der Waals surface area contributed by atoms with E-state index >= 15 is 0 Å². The van der Waals surface area contributed by atoms with Crippen LogP contribution in [0.15, 0.2) is 77.2 Å². The average molecular weight is 425 g/mol. The summed E-state index contributed by atoms with van der Waals surface area (Å²) in [5, 5.41) is 11.7. The van der Waals surface area contributed by atoms with Gasteiger partial charge < -0.3 is 9.84 Å².